The van der Waals surface area contributed by atoms with Crippen LogP contribution < -0.4 is 26.0 Å². The number of hydrogen-bond donors (Lipinski definition) is 4. The molecule has 34 heavy (non-hydrogen) atoms. The molecule has 0 saturated carbocycles. The SMILES string of the molecule is CC1(C)Cc2c3c(cc(C(=O)NCc4ccc(F)cc4)c2O1)NC(Nc1c(Cl)cncc1Cl)N3. The lowest BCUT2D eigenvalue weighted by Crippen LogP contribution is -2.32. The Morgan fingerprint density at radius 1 is 1.21 bits per heavy atom. The summed E-state index contributed by atoms with van der Waals surface area (Å²) in [7, 11) is 0. The zero-order valence-electron chi connectivity index (χ0n) is 18.4. The lowest BCUT2D eigenvalue weighted by Gasteiger charge is -2.18. The molecular formula is C24H22Cl2FN5O2. The van der Waals surface area contributed by atoms with E-state index in [9.17, 15) is 9.18 Å². The number of ether oxygens (including phenoxy) is 1. The van der Waals surface area contributed by atoms with E-state index >= 15 is 0 Å². The molecule has 5 rings (SSSR count). The van der Waals surface area contributed by atoms with Crippen LogP contribution in [0.5, 0.6) is 5.75 Å². The van der Waals surface area contributed by atoms with Gasteiger partial charge in [0.2, 0.25) is 0 Å². The molecule has 0 bridgehead atoms. The summed E-state index contributed by atoms with van der Waals surface area (Å²) in [6.07, 6.45) is 3.23. The second-order valence-electron chi connectivity index (χ2n) is 8.85. The van der Waals surface area contributed by atoms with Crippen molar-refractivity contribution in [1.29, 1.82) is 0 Å². The van der Waals surface area contributed by atoms with Gasteiger partial charge in [0.1, 0.15) is 17.2 Å². The summed E-state index contributed by atoms with van der Waals surface area (Å²) in [4.78, 5) is 17.1. The number of hydrogen-bond acceptors (Lipinski definition) is 6. The van der Waals surface area contributed by atoms with Crippen molar-refractivity contribution in [3.05, 3.63) is 75.3 Å². The van der Waals surface area contributed by atoms with Crippen LogP contribution in [-0.4, -0.2) is 22.8 Å². The summed E-state index contributed by atoms with van der Waals surface area (Å²) >= 11 is 12.5. The molecule has 10 heteroatoms. The van der Waals surface area contributed by atoms with Crippen LogP contribution in [0.4, 0.5) is 21.5 Å². The Hall–Kier alpha value is -3.23. The van der Waals surface area contributed by atoms with Crippen LogP contribution >= 0.6 is 23.2 Å². The van der Waals surface area contributed by atoms with Crippen LogP contribution in [0.25, 0.3) is 0 Å². The zero-order chi connectivity index (χ0) is 24.0. The van der Waals surface area contributed by atoms with Crippen molar-refractivity contribution < 1.29 is 13.9 Å². The van der Waals surface area contributed by atoms with Gasteiger partial charge in [-0.3, -0.25) is 9.78 Å². The van der Waals surface area contributed by atoms with Gasteiger partial charge in [-0.2, -0.15) is 0 Å². The van der Waals surface area contributed by atoms with Crippen LogP contribution in [0, 0.1) is 5.82 Å². The topological polar surface area (TPSA) is 87.3 Å². The molecule has 176 valence electrons. The molecule has 7 nitrogen and oxygen atoms in total. The number of carbonyl (C=O) groups excluding carboxylic acids is 1. The van der Waals surface area contributed by atoms with Crippen LogP contribution in [0.1, 0.15) is 35.3 Å². The fourth-order valence-corrected chi connectivity index (χ4v) is 4.65. The van der Waals surface area contributed by atoms with E-state index in [2.05, 4.69) is 26.3 Å². The maximum atomic E-state index is 13.2. The van der Waals surface area contributed by atoms with E-state index in [0.29, 0.717) is 33.5 Å². The molecule has 0 fully saturated rings. The van der Waals surface area contributed by atoms with Crippen molar-refractivity contribution in [2.45, 2.75) is 38.7 Å². The lowest BCUT2D eigenvalue weighted by molar-refractivity contribution is 0.0937. The van der Waals surface area contributed by atoms with Gasteiger partial charge in [0.15, 0.2) is 6.29 Å². The van der Waals surface area contributed by atoms with Crippen molar-refractivity contribution >= 4 is 46.2 Å². The molecule has 1 aromatic heterocycles. The van der Waals surface area contributed by atoms with E-state index in [1.165, 1.54) is 24.5 Å². The third kappa shape index (κ3) is 4.31. The first-order valence-corrected chi connectivity index (χ1v) is 11.5. The first-order valence-electron chi connectivity index (χ1n) is 10.7. The third-order valence-electron chi connectivity index (χ3n) is 5.70. The summed E-state index contributed by atoms with van der Waals surface area (Å²) in [5.74, 6) is -0.0481. The average molecular weight is 502 g/mol. The van der Waals surface area contributed by atoms with Gasteiger partial charge in [0, 0.05) is 30.9 Å². The number of halogens is 3. The van der Waals surface area contributed by atoms with Gasteiger partial charge >= 0.3 is 0 Å². The van der Waals surface area contributed by atoms with Crippen molar-refractivity contribution in [2.24, 2.45) is 0 Å². The van der Waals surface area contributed by atoms with Crippen molar-refractivity contribution in [3.8, 4) is 5.75 Å². The molecule has 3 heterocycles. The first kappa shape index (κ1) is 22.6. The predicted molar refractivity (Wildman–Crippen MR) is 131 cm³/mol. The Morgan fingerprint density at radius 3 is 2.62 bits per heavy atom. The normalized spacial score (nSPS) is 17.1. The largest absolute Gasteiger partial charge is 0.486 e. The van der Waals surface area contributed by atoms with Gasteiger partial charge in [-0.1, -0.05) is 35.3 Å². The number of benzene rings is 2. The average Bonchev–Trinajstić information content (AvgIpc) is 3.34. The molecule has 2 aliphatic heterocycles. The van der Waals surface area contributed by atoms with Crippen molar-refractivity contribution in [1.82, 2.24) is 10.3 Å². The lowest BCUT2D eigenvalue weighted by atomic mass is 9.97. The number of fused-ring (bicyclic) bond motifs is 3. The Bertz CT molecular complexity index is 1260. The van der Waals surface area contributed by atoms with Gasteiger partial charge in [-0.15, -0.1) is 0 Å². The molecule has 1 atom stereocenters. The monoisotopic (exact) mass is 501 g/mol. The molecule has 1 unspecified atom stereocenters. The van der Waals surface area contributed by atoms with E-state index in [-0.39, 0.29) is 18.3 Å². The smallest absolute Gasteiger partial charge is 0.255 e. The predicted octanol–water partition coefficient (Wildman–Crippen LogP) is 5.40. The number of nitrogens with one attached hydrogen (secondary N) is 4. The van der Waals surface area contributed by atoms with Crippen molar-refractivity contribution in [2.75, 3.05) is 16.0 Å². The molecule has 0 spiro atoms. The highest BCUT2D eigenvalue weighted by Gasteiger charge is 2.39. The van der Waals surface area contributed by atoms with Crippen LogP contribution in [0.2, 0.25) is 10.0 Å². The van der Waals surface area contributed by atoms with E-state index in [4.69, 9.17) is 27.9 Å². The highest BCUT2D eigenvalue weighted by atomic mass is 35.5. The second-order valence-corrected chi connectivity index (χ2v) is 9.66. The van der Waals surface area contributed by atoms with E-state index in [1.807, 2.05) is 13.8 Å². The summed E-state index contributed by atoms with van der Waals surface area (Å²) in [6.45, 7) is 4.23. The highest BCUT2D eigenvalue weighted by molar-refractivity contribution is 6.38. The van der Waals surface area contributed by atoms with Crippen molar-refractivity contribution in [3.63, 3.8) is 0 Å². The molecular weight excluding hydrogens is 480 g/mol. The minimum absolute atomic E-state index is 0.267. The van der Waals surface area contributed by atoms with E-state index < -0.39 is 11.9 Å². The number of rotatable bonds is 5. The Kier molecular flexibility index (Phi) is 5.65. The number of anilines is 3. The fraction of sp³-hybridized carbons (Fsp3) is 0.250. The van der Waals surface area contributed by atoms with Gasteiger partial charge < -0.3 is 26.0 Å². The first-order chi connectivity index (χ1) is 16.2. The summed E-state index contributed by atoms with van der Waals surface area (Å²) in [6, 6.07) is 7.77. The quantitative estimate of drug-likeness (QED) is 0.374. The Labute approximate surface area is 206 Å². The second kappa shape index (κ2) is 8.52. The minimum Gasteiger partial charge on any atom is -0.486 e. The maximum Gasteiger partial charge on any atom is 0.255 e. The number of nitrogens with zero attached hydrogens (tertiary/aromatic N) is 1. The molecule has 2 aliphatic rings. The molecule has 4 N–H and O–H groups in total. The summed E-state index contributed by atoms with van der Waals surface area (Å²) in [5, 5.41) is 13.7. The summed E-state index contributed by atoms with van der Waals surface area (Å²) in [5.41, 5.74) is 3.83. The van der Waals surface area contributed by atoms with Gasteiger partial charge in [-0.25, -0.2) is 4.39 Å². The molecule has 1 amide bonds. The fourth-order valence-electron chi connectivity index (χ4n) is 4.17. The van der Waals surface area contributed by atoms with Gasteiger partial charge in [0.25, 0.3) is 5.91 Å². The Morgan fingerprint density at radius 2 is 1.91 bits per heavy atom. The van der Waals surface area contributed by atoms with Crippen LogP contribution in [-0.2, 0) is 13.0 Å². The van der Waals surface area contributed by atoms with Crippen LogP contribution in [0.15, 0.2) is 42.7 Å². The Balaban J connectivity index is 1.41. The highest BCUT2D eigenvalue weighted by Crippen LogP contribution is 2.48. The van der Waals surface area contributed by atoms with E-state index in [1.54, 1.807) is 18.2 Å². The van der Waals surface area contributed by atoms with Gasteiger partial charge in [0.05, 0.1) is 32.7 Å². The summed E-state index contributed by atoms with van der Waals surface area (Å²) < 4.78 is 19.4. The zero-order valence-corrected chi connectivity index (χ0v) is 19.9. The molecule has 0 aliphatic carbocycles. The third-order valence-corrected chi connectivity index (χ3v) is 6.27. The number of pyridine rings is 1. The standard InChI is InChI=1S/C24H22Cl2FN5O2/c1-24(2)8-15-19-18(30-23(31-19)32-20-16(25)10-28-11-17(20)26)7-14(21(15)34-24)22(33)29-9-12-3-5-13(27)6-4-12/h3-7,10-11,23,30-31H,8-9H2,1-2H3,(H,28,32)(H,29,33). The van der Waals surface area contributed by atoms with Crippen LogP contribution in [0.3, 0.4) is 0 Å². The van der Waals surface area contributed by atoms with E-state index in [0.717, 1.165) is 22.5 Å². The maximum absolute atomic E-state index is 13.2. The molecule has 3 aromatic rings. The number of amides is 1. The van der Waals surface area contributed by atoms with Gasteiger partial charge in [-0.05, 0) is 37.6 Å². The number of carbonyl (C=O) groups is 1. The molecule has 0 radical (unpaired) electrons. The molecule has 0 saturated heterocycles. The minimum atomic E-state index is -0.464. The number of aromatic nitrogens is 1. The molecule has 2 aromatic carbocycles.